The molecule has 2 fully saturated rings. The lowest BCUT2D eigenvalue weighted by molar-refractivity contribution is -0.133. The van der Waals surface area contributed by atoms with Crippen LogP contribution in [-0.4, -0.2) is 65.9 Å². The third-order valence-electron chi connectivity index (χ3n) is 7.59. The van der Waals surface area contributed by atoms with Crippen molar-refractivity contribution in [2.24, 2.45) is 5.92 Å². The van der Waals surface area contributed by atoms with Crippen molar-refractivity contribution in [1.29, 1.82) is 0 Å². The number of methoxy groups -OCH3 is 1. The Morgan fingerprint density at radius 3 is 2.30 bits per heavy atom. The van der Waals surface area contributed by atoms with Crippen molar-refractivity contribution >= 4 is 34.8 Å². The summed E-state index contributed by atoms with van der Waals surface area (Å²) in [5.74, 6) is -0.493. The molecular weight excluding hydrogens is 532 g/mol. The topological polar surface area (TPSA) is 139 Å². The number of hydrogen-bond acceptors (Lipinski definition) is 8. The number of hydrogen-bond donors (Lipinski definition) is 3. The lowest BCUT2D eigenvalue weighted by Crippen LogP contribution is -2.57. The van der Waals surface area contributed by atoms with Crippen LogP contribution in [0.3, 0.4) is 0 Å². The predicted octanol–water partition coefficient (Wildman–Crippen LogP) is 2.73. The van der Waals surface area contributed by atoms with Crippen LogP contribution in [0, 0.1) is 12.8 Å². The number of aryl methyl sites for hydroxylation is 1. The Labute approximate surface area is 238 Å². The van der Waals surface area contributed by atoms with Crippen LogP contribution in [-0.2, 0) is 25.5 Å². The molecule has 1 saturated carbocycles. The first-order chi connectivity index (χ1) is 19.1. The van der Waals surface area contributed by atoms with E-state index in [4.69, 9.17) is 9.47 Å². The zero-order valence-corrected chi connectivity index (χ0v) is 24.3. The van der Waals surface area contributed by atoms with Crippen LogP contribution in [0.2, 0.25) is 0 Å². The molecule has 0 spiro atoms. The van der Waals surface area contributed by atoms with Gasteiger partial charge in [0, 0.05) is 6.42 Å². The number of carbonyl (C=O) groups excluding carboxylic acids is 4. The van der Waals surface area contributed by atoms with Gasteiger partial charge >= 0.3 is 0 Å². The molecule has 1 aliphatic carbocycles. The summed E-state index contributed by atoms with van der Waals surface area (Å²) in [4.78, 5) is 57.2. The summed E-state index contributed by atoms with van der Waals surface area (Å²) in [7, 11) is 1.57. The first-order valence-corrected chi connectivity index (χ1v) is 14.5. The second-order valence-electron chi connectivity index (χ2n) is 10.9. The Morgan fingerprint density at radius 1 is 1.07 bits per heavy atom. The van der Waals surface area contributed by atoms with E-state index in [0.717, 1.165) is 36.3 Å². The SMILES string of the molecule is COc1ccc(C[C@H](NC(=O)[C@@H](C)NC(=O)c2cnc(C)s2)C(=O)N[C@@H](CC2CCCC2)C(=O)[C@]2(C)CO2)cc1. The van der Waals surface area contributed by atoms with Crippen molar-refractivity contribution in [1.82, 2.24) is 20.9 Å². The molecule has 1 aromatic carbocycles. The standard InChI is InChI=1S/C29H38N4O6S/c1-17(31-28(37)24-15-30-18(2)40-24)26(35)33-23(14-20-9-11-21(38-4)12-10-20)27(36)32-22(13-19-7-5-6-8-19)25(34)29(3)16-39-29/h9-12,15,17,19,22-23H,5-8,13-14,16H2,1-4H3,(H,31,37)(H,32,36)(H,33,35)/t17-,22+,23+,29+/m1/s1. The number of benzene rings is 1. The van der Waals surface area contributed by atoms with Crippen LogP contribution in [0.1, 0.15) is 66.2 Å². The van der Waals surface area contributed by atoms with Crippen LogP contribution in [0.15, 0.2) is 30.5 Å². The van der Waals surface area contributed by atoms with Crippen molar-refractivity contribution in [3.8, 4) is 5.75 Å². The van der Waals surface area contributed by atoms with Crippen molar-refractivity contribution < 1.29 is 28.7 Å². The van der Waals surface area contributed by atoms with Gasteiger partial charge in [0.1, 0.15) is 28.3 Å². The molecule has 216 valence electrons. The van der Waals surface area contributed by atoms with Crippen molar-refractivity contribution in [3.63, 3.8) is 0 Å². The molecule has 4 atom stereocenters. The fourth-order valence-electron chi connectivity index (χ4n) is 5.01. The minimum atomic E-state index is -0.974. The molecule has 4 rings (SSSR count). The summed E-state index contributed by atoms with van der Waals surface area (Å²) in [6.07, 6.45) is 6.50. The number of ether oxygens (including phenoxy) is 2. The number of ketones is 1. The highest BCUT2D eigenvalue weighted by Crippen LogP contribution is 2.33. The number of rotatable bonds is 13. The van der Waals surface area contributed by atoms with Gasteiger partial charge in [-0.1, -0.05) is 37.8 Å². The highest BCUT2D eigenvalue weighted by molar-refractivity contribution is 7.13. The summed E-state index contributed by atoms with van der Waals surface area (Å²) >= 11 is 1.23. The maximum atomic E-state index is 13.7. The van der Waals surface area contributed by atoms with Gasteiger partial charge in [0.05, 0.1) is 31.0 Å². The van der Waals surface area contributed by atoms with E-state index in [2.05, 4.69) is 20.9 Å². The average Bonchev–Trinajstić information content (AvgIpc) is 3.28. The van der Waals surface area contributed by atoms with E-state index in [0.29, 0.717) is 29.6 Å². The van der Waals surface area contributed by atoms with Crippen molar-refractivity contribution in [3.05, 3.63) is 45.9 Å². The van der Waals surface area contributed by atoms with E-state index in [9.17, 15) is 19.2 Å². The molecule has 2 heterocycles. The molecule has 3 amide bonds. The number of amides is 3. The predicted molar refractivity (Wildman–Crippen MR) is 150 cm³/mol. The fraction of sp³-hybridized carbons (Fsp3) is 0.552. The Morgan fingerprint density at radius 2 is 1.73 bits per heavy atom. The number of nitrogens with zero attached hydrogens (tertiary/aromatic N) is 1. The molecule has 2 aliphatic rings. The summed E-state index contributed by atoms with van der Waals surface area (Å²) in [5, 5.41) is 9.15. The molecule has 40 heavy (non-hydrogen) atoms. The molecule has 1 aliphatic heterocycles. The number of Topliss-reactive ketones (excluding diaryl/α,β-unsaturated/α-hetero) is 1. The number of epoxide rings is 1. The van der Waals surface area contributed by atoms with Crippen molar-refractivity contribution in [2.45, 2.75) is 83.0 Å². The van der Waals surface area contributed by atoms with Crippen LogP contribution in [0.4, 0.5) is 0 Å². The van der Waals surface area contributed by atoms with Crippen LogP contribution >= 0.6 is 11.3 Å². The summed E-state index contributed by atoms with van der Waals surface area (Å²) in [6.45, 7) is 5.43. The van der Waals surface area contributed by atoms with E-state index >= 15 is 0 Å². The largest absolute Gasteiger partial charge is 0.497 e. The molecule has 0 bridgehead atoms. The van der Waals surface area contributed by atoms with Gasteiger partial charge in [-0.05, 0) is 50.8 Å². The molecule has 11 heteroatoms. The van der Waals surface area contributed by atoms with E-state index in [-0.39, 0.29) is 12.2 Å². The number of thiazole rings is 1. The smallest absolute Gasteiger partial charge is 0.263 e. The molecule has 2 aromatic rings. The summed E-state index contributed by atoms with van der Waals surface area (Å²) < 4.78 is 10.6. The number of nitrogens with one attached hydrogen (secondary N) is 3. The van der Waals surface area contributed by atoms with Gasteiger partial charge in [-0.3, -0.25) is 19.2 Å². The zero-order valence-electron chi connectivity index (χ0n) is 23.5. The van der Waals surface area contributed by atoms with Gasteiger partial charge in [0.2, 0.25) is 11.8 Å². The minimum Gasteiger partial charge on any atom is -0.497 e. The molecule has 0 unspecified atom stereocenters. The maximum Gasteiger partial charge on any atom is 0.263 e. The third kappa shape index (κ3) is 7.66. The quantitative estimate of drug-likeness (QED) is 0.315. The van der Waals surface area contributed by atoms with Crippen molar-refractivity contribution in [2.75, 3.05) is 13.7 Å². The van der Waals surface area contributed by atoms with Gasteiger partial charge in [-0.15, -0.1) is 11.3 Å². The van der Waals surface area contributed by atoms with E-state index < -0.39 is 41.4 Å². The monoisotopic (exact) mass is 570 g/mol. The molecule has 3 N–H and O–H groups in total. The van der Waals surface area contributed by atoms with E-state index in [1.807, 2.05) is 12.1 Å². The molecule has 10 nitrogen and oxygen atoms in total. The maximum absolute atomic E-state index is 13.7. The zero-order chi connectivity index (χ0) is 28.9. The lowest BCUT2D eigenvalue weighted by atomic mass is 9.90. The Bertz CT molecular complexity index is 1220. The number of aromatic nitrogens is 1. The van der Waals surface area contributed by atoms with Gasteiger partial charge < -0.3 is 25.4 Å². The highest BCUT2D eigenvalue weighted by atomic mass is 32.1. The third-order valence-corrected chi connectivity index (χ3v) is 8.50. The van der Waals surface area contributed by atoms with Gasteiger partial charge in [0.25, 0.3) is 5.91 Å². The minimum absolute atomic E-state index is 0.136. The van der Waals surface area contributed by atoms with Gasteiger partial charge in [-0.2, -0.15) is 0 Å². The second-order valence-corrected chi connectivity index (χ2v) is 12.1. The molecule has 1 aromatic heterocycles. The lowest BCUT2D eigenvalue weighted by Gasteiger charge is -2.26. The molecule has 1 saturated heterocycles. The Balaban J connectivity index is 1.48. The number of carbonyl (C=O) groups is 4. The first-order valence-electron chi connectivity index (χ1n) is 13.7. The van der Waals surface area contributed by atoms with Crippen LogP contribution in [0.25, 0.3) is 0 Å². The van der Waals surface area contributed by atoms with Gasteiger partial charge in [-0.25, -0.2) is 4.98 Å². The van der Waals surface area contributed by atoms with Gasteiger partial charge in [0.15, 0.2) is 5.78 Å². The van der Waals surface area contributed by atoms with Crippen LogP contribution in [0.5, 0.6) is 5.75 Å². The Kier molecular flexibility index (Phi) is 9.57. The summed E-state index contributed by atoms with van der Waals surface area (Å²) in [5.41, 5.74) is -0.0757. The van der Waals surface area contributed by atoms with E-state index in [1.54, 1.807) is 40.0 Å². The average molecular weight is 571 g/mol. The fourth-order valence-corrected chi connectivity index (χ4v) is 5.69. The highest BCUT2D eigenvalue weighted by Gasteiger charge is 2.50. The summed E-state index contributed by atoms with van der Waals surface area (Å²) in [6, 6.07) is 4.62. The molecule has 0 radical (unpaired) electrons. The second kappa shape index (κ2) is 12.9. The molecular formula is C29H38N4O6S. The Hall–Kier alpha value is -3.31. The first kappa shape index (κ1) is 29.7. The van der Waals surface area contributed by atoms with Crippen LogP contribution < -0.4 is 20.7 Å². The normalized spacial score (nSPS) is 20.7. The van der Waals surface area contributed by atoms with E-state index in [1.165, 1.54) is 17.5 Å².